The van der Waals surface area contributed by atoms with Gasteiger partial charge >= 0.3 is 5.76 Å². The van der Waals surface area contributed by atoms with Gasteiger partial charge < -0.3 is 16.0 Å². The van der Waals surface area contributed by atoms with E-state index in [1.54, 1.807) is 0 Å². The topological polar surface area (TPSA) is 110 Å². The van der Waals surface area contributed by atoms with E-state index in [0.29, 0.717) is 32.5 Å². The van der Waals surface area contributed by atoms with E-state index < -0.39 is 20.5 Å². The first-order valence-electron chi connectivity index (χ1n) is 8.16. The summed E-state index contributed by atoms with van der Waals surface area (Å²) in [5.41, 5.74) is 5.53. The van der Waals surface area contributed by atoms with Gasteiger partial charge in [-0.05, 0) is 37.1 Å². The van der Waals surface area contributed by atoms with Crippen LogP contribution in [0.1, 0.15) is 23.2 Å². The highest BCUT2D eigenvalue weighted by atomic mass is 32.2. The molecule has 2 amide bonds. The summed E-state index contributed by atoms with van der Waals surface area (Å²) in [6, 6.07) is 4.39. The van der Waals surface area contributed by atoms with Crippen LogP contribution in [0.15, 0.2) is 29.2 Å². The molecule has 7 nitrogen and oxygen atoms in total. The van der Waals surface area contributed by atoms with Crippen LogP contribution in [0.2, 0.25) is 0 Å². The zero-order valence-corrected chi connectivity index (χ0v) is 14.8. The van der Waals surface area contributed by atoms with Crippen LogP contribution in [0.25, 0.3) is 0 Å². The number of rotatable bonds is 6. The Kier molecular flexibility index (Phi) is 6.65. The summed E-state index contributed by atoms with van der Waals surface area (Å²) in [5, 5.41) is 2.70. The van der Waals surface area contributed by atoms with Gasteiger partial charge in [0, 0.05) is 31.7 Å². The van der Waals surface area contributed by atoms with E-state index in [4.69, 9.17) is 5.73 Å². The van der Waals surface area contributed by atoms with Crippen molar-refractivity contribution in [3.05, 3.63) is 29.8 Å². The van der Waals surface area contributed by atoms with Crippen LogP contribution in [-0.2, 0) is 14.6 Å². The van der Waals surface area contributed by atoms with E-state index in [-0.39, 0.29) is 29.8 Å². The molecule has 1 saturated heterocycles. The lowest BCUT2D eigenvalue weighted by Gasteiger charge is -2.32. The molecular weight excluding hydrogens is 368 g/mol. The highest BCUT2D eigenvalue weighted by molar-refractivity contribution is 7.91. The summed E-state index contributed by atoms with van der Waals surface area (Å²) in [7, 11) is -4.69. The van der Waals surface area contributed by atoms with Crippen LogP contribution in [-0.4, -0.2) is 57.1 Å². The van der Waals surface area contributed by atoms with E-state index in [1.807, 2.05) is 0 Å². The third-order valence-electron chi connectivity index (χ3n) is 4.19. The summed E-state index contributed by atoms with van der Waals surface area (Å²) >= 11 is 0. The first kappa shape index (κ1) is 20.2. The number of hydrogen-bond donors (Lipinski definition) is 2. The normalized spacial score (nSPS) is 18.0. The number of carbonyl (C=O) groups is 2. The number of sulfone groups is 1. The number of likely N-dealkylation sites (tertiary alicyclic amines) is 1. The summed E-state index contributed by atoms with van der Waals surface area (Å²) in [6.45, 7) is 1.40. The second kappa shape index (κ2) is 8.54. The van der Waals surface area contributed by atoms with Crippen molar-refractivity contribution in [2.75, 3.05) is 26.2 Å². The molecule has 144 valence electrons. The van der Waals surface area contributed by atoms with Crippen molar-refractivity contribution in [3.8, 4) is 0 Å². The average molecular weight is 389 g/mol. The molecule has 0 saturated carbocycles. The maximum absolute atomic E-state index is 12.6. The van der Waals surface area contributed by atoms with Crippen molar-refractivity contribution in [2.24, 2.45) is 11.7 Å². The lowest BCUT2D eigenvalue weighted by molar-refractivity contribution is -0.126. The Morgan fingerprint density at radius 3 is 2.50 bits per heavy atom. The Labute approximate surface area is 150 Å². The van der Waals surface area contributed by atoms with E-state index in [2.05, 4.69) is 5.32 Å². The molecule has 1 atom stereocenters. The van der Waals surface area contributed by atoms with Gasteiger partial charge in [-0.1, -0.05) is 0 Å². The molecule has 3 N–H and O–H groups in total. The number of hydrogen-bond acceptors (Lipinski definition) is 5. The highest BCUT2D eigenvalue weighted by Gasteiger charge is 2.30. The number of nitrogens with two attached hydrogens (primary N) is 1. The van der Waals surface area contributed by atoms with Gasteiger partial charge in [0.1, 0.15) is 0 Å². The number of amides is 2. The Hall–Kier alpha value is -2.07. The van der Waals surface area contributed by atoms with Crippen LogP contribution in [0, 0.1) is 5.92 Å². The third-order valence-corrected chi connectivity index (χ3v) is 5.59. The van der Waals surface area contributed by atoms with Gasteiger partial charge in [0.15, 0.2) is 0 Å². The molecule has 0 aromatic heterocycles. The van der Waals surface area contributed by atoms with Gasteiger partial charge in [-0.15, -0.1) is 0 Å². The molecule has 2 rings (SSSR count). The van der Waals surface area contributed by atoms with Crippen molar-refractivity contribution in [2.45, 2.75) is 23.5 Å². The molecular formula is C16H21F2N3O4S. The molecule has 0 aliphatic carbocycles. The number of piperidine rings is 1. The number of nitrogens with one attached hydrogen (secondary N) is 1. The predicted molar refractivity (Wildman–Crippen MR) is 90.3 cm³/mol. The van der Waals surface area contributed by atoms with E-state index in [0.717, 1.165) is 12.1 Å². The molecule has 1 aliphatic heterocycles. The van der Waals surface area contributed by atoms with Crippen LogP contribution in [0.5, 0.6) is 0 Å². The fourth-order valence-corrected chi connectivity index (χ4v) is 3.51. The summed E-state index contributed by atoms with van der Waals surface area (Å²) in [6.07, 6.45) is 1.32. The number of carbonyl (C=O) groups excluding carboxylic acids is 2. The fourth-order valence-electron chi connectivity index (χ4n) is 2.79. The second-order valence-electron chi connectivity index (χ2n) is 6.00. The van der Waals surface area contributed by atoms with Gasteiger partial charge in [-0.25, -0.2) is 8.42 Å². The van der Waals surface area contributed by atoms with Crippen LogP contribution in [0.4, 0.5) is 8.78 Å². The summed E-state index contributed by atoms with van der Waals surface area (Å²) < 4.78 is 47.9. The number of nitrogens with zero attached hydrogens (tertiary/aromatic N) is 1. The first-order valence-corrected chi connectivity index (χ1v) is 9.71. The maximum Gasteiger partial charge on any atom is 0.341 e. The fraction of sp³-hybridized carbons (Fsp3) is 0.500. The molecule has 26 heavy (non-hydrogen) atoms. The van der Waals surface area contributed by atoms with Gasteiger partial charge in [0.2, 0.25) is 15.7 Å². The average Bonchev–Trinajstić information content (AvgIpc) is 2.65. The molecule has 1 aromatic carbocycles. The zero-order chi connectivity index (χ0) is 19.3. The van der Waals surface area contributed by atoms with Crippen molar-refractivity contribution >= 4 is 21.7 Å². The van der Waals surface area contributed by atoms with Crippen molar-refractivity contribution < 1.29 is 26.8 Å². The predicted octanol–water partition coefficient (Wildman–Crippen LogP) is 0.610. The molecule has 1 unspecified atom stereocenters. The number of benzene rings is 1. The minimum absolute atomic E-state index is 0.161. The lowest BCUT2D eigenvalue weighted by Crippen LogP contribution is -2.46. The molecule has 1 fully saturated rings. The molecule has 1 aliphatic rings. The smallest absolute Gasteiger partial charge is 0.341 e. The largest absolute Gasteiger partial charge is 0.355 e. The molecule has 0 bridgehead atoms. The minimum atomic E-state index is -4.69. The summed E-state index contributed by atoms with van der Waals surface area (Å²) in [4.78, 5) is 25.6. The molecule has 10 heteroatoms. The SMILES string of the molecule is NCCNC(=O)C1CCCN(C(=O)c2ccc(S(=O)(=O)C(F)F)cc2)C1. The van der Waals surface area contributed by atoms with Crippen molar-refractivity contribution in [1.29, 1.82) is 0 Å². The van der Waals surface area contributed by atoms with Gasteiger partial charge in [-0.2, -0.15) is 8.78 Å². The highest BCUT2D eigenvalue weighted by Crippen LogP contribution is 2.21. The lowest BCUT2D eigenvalue weighted by atomic mass is 9.96. The van der Waals surface area contributed by atoms with Gasteiger partial charge in [-0.3, -0.25) is 9.59 Å². The molecule has 1 heterocycles. The summed E-state index contributed by atoms with van der Waals surface area (Å²) in [5.74, 6) is -4.38. The van der Waals surface area contributed by atoms with E-state index in [1.165, 1.54) is 17.0 Å². The first-order chi connectivity index (χ1) is 12.3. The van der Waals surface area contributed by atoms with E-state index >= 15 is 0 Å². The van der Waals surface area contributed by atoms with Crippen molar-refractivity contribution in [3.63, 3.8) is 0 Å². The second-order valence-corrected chi connectivity index (χ2v) is 7.92. The number of alkyl halides is 2. The minimum Gasteiger partial charge on any atom is -0.355 e. The standard InChI is InChI=1S/C16H21F2N3O4S/c17-16(18)26(24,25)13-5-3-11(4-6-13)15(23)21-9-1-2-12(10-21)14(22)20-8-7-19/h3-6,12,16H,1-2,7-10,19H2,(H,20,22). The van der Waals surface area contributed by atoms with Crippen molar-refractivity contribution in [1.82, 2.24) is 10.2 Å². The van der Waals surface area contributed by atoms with Gasteiger partial charge in [0.25, 0.3) is 5.91 Å². The maximum atomic E-state index is 12.6. The molecule has 0 radical (unpaired) electrons. The Morgan fingerprint density at radius 1 is 1.27 bits per heavy atom. The zero-order valence-electron chi connectivity index (χ0n) is 14.0. The number of halogens is 2. The third kappa shape index (κ3) is 4.55. The Morgan fingerprint density at radius 2 is 1.92 bits per heavy atom. The Balaban J connectivity index is 2.07. The molecule has 0 spiro atoms. The monoisotopic (exact) mass is 389 g/mol. The quantitative estimate of drug-likeness (QED) is 0.741. The van der Waals surface area contributed by atoms with Crippen LogP contribution in [0.3, 0.4) is 0 Å². The molecule has 1 aromatic rings. The van der Waals surface area contributed by atoms with Gasteiger partial charge in [0.05, 0.1) is 10.8 Å². The Bertz CT molecular complexity index is 753. The van der Waals surface area contributed by atoms with Crippen LogP contribution < -0.4 is 11.1 Å². The van der Waals surface area contributed by atoms with Crippen LogP contribution >= 0.6 is 0 Å². The van der Waals surface area contributed by atoms with E-state index in [9.17, 15) is 26.8 Å².